The molecule has 1 aliphatic rings. The first-order chi connectivity index (χ1) is 16.1. The highest BCUT2D eigenvalue weighted by Gasteiger charge is 2.27. The van der Waals surface area contributed by atoms with Crippen molar-refractivity contribution in [3.63, 3.8) is 0 Å². The molecule has 1 atom stereocenters. The maximum Gasteiger partial charge on any atom is 0.263 e. The molecule has 0 saturated heterocycles. The molecule has 1 aliphatic heterocycles. The second-order valence-electron chi connectivity index (χ2n) is 8.31. The van der Waals surface area contributed by atoms with E-state index < -0.39 is 0 Å². The molecule has 33 heavy (non-hydrogen) atoms. The summed E-state index contributed by atoms with van der Waals surface area (Å²) >= 11 is 0. The molecule has 0 fully saturated rings. The summed E-state index contributed by atoms with van der Waals surface area (Å²) < 4.78 is 6.32. The molecule has 0 bridgehead atoms. The maximum absolute atomic E-state index is 13.4. The summed E-state index contributed by atoms with van der Waals surface area (Å²) in [5, 5.41) is 3.21. The van der Waals surface area contributed by atoms with Gasteiger partial charge in [0.05, 0.1) is 12.7 Å². The lowest BCUT2D eigenvalue weighted by Gasteiger charge is -2.22. The molecule has 3 aromatic rings. The Morgan fingerprint density at radius 2 is 1.94 bits per heavy atom. The lowest BCUT2D eigenvalue weighted by molar-refractivity contribution is 0.0344. The van der Waals surface area contributed by atoms with Crippen LogP contribution < -0.4 is 15.1 Å². The number of nitrogens with zero attached hydrogens (tertiary/aromatic N) is 4. The van der Waals surface area contributed by atoms with E-state index in [1.54, 1.807) is 11.1 Å². The molecule has 2 aromatic carbocycles. The quantitative estimate of drug-likeness (QED) is 0.570. The van der Waals surface area contributed by atoms with Crippen LogP contribution in [0, 0.1) is 6.92 Å². The summed E-state index contributed by atoms with van der Waals surface area (Å²) in [5.41, 5.74) is 3.58. The van der Waals surface area contributed by atoms with Gasteiger partial charge < -0.3 is 19.9 Å². The van der Waals surface area contributed by atoms with Crippen LogP contribution >= 0.6 is 0 Å². The number of aromatic nitrogens is 2. The molecule has 172 valence electrons. The van der Waals surface area contributed by atoms with Gasteiger partial charge in [-0.05, 0) is 50.2 Å². The summed E-state index contributed by atoms with van der Waals surface area (Å²) in [6.45, 7) is 4.44. The first-order valence-corrected chi connectivity index (χ1v) is 11.3. The van der Waals surface area contributed by atoms with Gasteiger partial charge in [-0.25, -0.2) is 9.97 Å². The number of likely N-dealkylation sites (N-methyl/N-ethyl adjacent to an activating group) is 1. The highest BCUT2D eigenvalue weighted by Crippen LogP contribution is 2.27. The second-order valence-corrected chi connectivity index (χ2v) is 8.31. The Morgan fingerprint density at radius 3 is 2.73 bits per heavy atom. The van der Waals surface area contributed by atoms with E-state index in [0.717, 1.165) is 24.2 Å². The van der Waals surface area contributed by atoms with Gasteiger partial charge >= 0.3 is 0 Å². The monoisotopic (exact) mass is 445 g/mol. The summed E-state index contributed by atoms with van der Waals surface area (Å²) in [6, 6.07) is 18.3. The Morgan fingerprint density at radius 1 is 1.12 bits per heavy atom. The van der Waals surface area contributed by atoms with Crippen LogP contribution in [0.15, 0.2) is 60.8 Å². The predicted molar refractivity (Wildman–Crippen MR) is 131 cm³/mol. The SMILES string of the molecule is CNCC[C@@H](OCc1cccc(N2CCN(C)c3nc(C)ncc3C2=O)c1)c1ccccc1. The molecule has 7 nitrogen and oxygen atoms in total. The highest BCUT2D eigenvalue weighted by atomic mass is 16.5. The van der Waals surface area contributed by atoms with Gasteiger partial charge in [-0.3, -0.25) is 4.79 Å². The third kappa shape index (κ3) is 5.38. The minimum atomic E-state index is -0.0800. The molecule has 1 aromatic heterocycles. The Kier molecular flexibility index (Phi) is 7.32. The number of rotatable bonds is 8. The maximum atomic E-state index is 13.4. The standard InChI is InChI=1S/C26H31N5O2/c1-19-28-17-23-25(29-19)30(3)14-15-31(26(23)32)22-11-7-8-20(16-22)18-33-24(12-13-27-2)21-9-5-4-6-10-21/h4-11,16-17,24,27H,12-15,18H2,1-3H3/t24-/m1/s1. The topological polar surface area (TPSA) is 70.6 Å². The average molecular weight is 446 g/mol. The third-order valence-electron chi connectivity index (χ3n) is 5.89. The molecule has 7 heteroatoms. The molecule has 0 aliphatic carbocycles. The fourth-order valence-corrected chi connectivity index (χ4v) is 4.05. The third-order valence-corrected chi connectivity index (χ3v) is 5.89. The summed E-state index contributed by atoms with van der Waals surface area (Å²) in [4.78, 5) is 25.9. The van der Waals surface area contributed by atoms with Crippen molar-refractivity contribution in [2.75, 3.05) is 43.5 Å². The van der Waals surface area contributed by atoms with Crippen LogP contribution in [-0.2, 0) is 11.3 Å². The van der Waals surface area contributed by atoms with Gasteiger partial charge in [0.1, 0.15) is 17.2 Å². The van der Waals surface area contributed by atoms with Crippen LogP contribution in [0.25, 0.3) is 0 Å². The Hall–Kier alpha value is -3.29. The zero-order valence-corrected chi connectivity index (χ0v) is 19.5. The molecular weight excluding hydrogens is 414 g/mol. The number of benzene rings is 2. The van der Waals surface area contributed by atoms with E-state index in [0.29, 0.717) is 36.9 Å². The van der Waals surface area contributed by atoms with Gasteiger partial charge in [-0.15, -0.1) is 0 Å². The van der Waals surface area contributed by atoms with Crippen molar-refractivity contribution in [3.8, 4) is 0 Å². The molecular formula is C26H31N5O2. The number of aryl methyl sites for hydroxylation is 1. The lowest BCUT2D eigenvalue weighted by Crippen LogP contribution is -2.33. The molecule has 0 unspecified atom stereocenters. The fraction of sp³-hybridized carbons (Fsp3) is 0.346. The van der Waals surface area contributed by atoms with Crippen molar-refractivity contribution in [3.05, 3.63) is 83.3 Å². The Balaban J connectivity index is 1.52. The van der Waals surface area contributed by atoms with Gasteiger partial charge in [0, 0.05) is 32.0 Å². The van der Waals surface area contributed by atoms with Crippen molar-refractivity contribution >= 4 is 17.4 Å². The molecule has 4 rings (SSSR count). The first-order valence-electron chi connectivity index (χ1n) is 11.3. The number of hydrogen-bond acceptors (Lipinski definition) is 6. The number of amides is 1. The largest absolute Gasteiger partial charge is 0.369 e. The fourth-order valence-electron chi connectivity index (χ4n) is 4.05. The van der Waals surface area contributed by atoms with E-state index in [-0.39, 0.29) is 12.0 Å². The van der Waals surface area contributed by atoms with Gasteiger partial charge in [0.15, 0.2) is 0 Å². The van der Waals surface area contributed by atoms with E-state index in [1.807, 2.05) is 68.4 Å². The number of anilines is 2. The van der Waals surface area contributed by atoms with E-state index in [2.05, 4.69) is 27.4 Å². The van der Waals surface area contributed by atoms with E-state index in [9.17, 15) is 4.79 Å². The van der Waals surface area contributed by atoms with Crippen molar-refractivity contribution in [2.24, 2.45) is 0 Å². The Labute approximate surface area is 195 Å². The van der Waals surface area contributed by atoms with Crippen LogP contribution in [0.5, 0.6) is 0 Å². The van der Waals surface area contributed by atoms with Crippen molar-refractivity contribution in [1.82, 2.24) is 15.3 Å². The summed E-state index contributed by atoms with van der Waals surface area (Å²) in [5.74, 6) is 1.26. The van der Waals surface area contributed by atoms with Crippen molar-refractivity contribution < 1.29 is 9.53 Å². The molecule has 0 saturated carbocycles. The predicted octanol–water partition coefficient (Wildman–Crippen LogP) is 3.75. The zero-order chi connectivity index (χ0) is 23.2. The van der Waals surface area contributed by atoms with Gasteiger partial charge in [-0.2, -0.15) is 0 Å². The molecule has 1 N–H and O–H groups in total. The van der Waals surface area contributed by atoms with Gasteiger partial charge in [0.25, 0.3) is 5.91 Å². The zero-order valence-electron chi connectivity index (χ0n) is 19.5. The van der Waals surface area contributed by atoms with Crippen LogP contribution in [0.1, 0.15) is 39.8 Å². The van der Waals surface area contributed by atoms with Crippen LogP contribution in [0.2, 0.25) is 0 Å². The number of carbonyl (C=O) groups excluding carboxylic acids is 1. The van der Waals surface area contributed by atoms with E-state index >= 15 is 0 Å². The van der Waals surface area contributed by atoms with Crippen LogP contribution in [-0.4, -0.2) is 49.6 Å². The second kappa shape index (κ2) is 10.6. The molecule has 0 radical (unpaired) electrons. The molecule has 1 amide bonds. The lowest BCUT2D eigenvalue weighted by atomic mass is 10.1. The summed E-state index contributed by atoms with van der Waals surface area (Å²) in [7, 11) is 3.91. The van der Waals surface area contributed by atoms with E-state index in [4.69, 9.17) is 4.74 Å². The van der Waals surface area contributed by atoms with Gasteiger partial charge in [0.2, 0.25) is 0 Å². The van der Waals surface area contributed by atoms with Crippen molar-refractivity contribution in [2.45, 2.75) is 26.1 Å². The van der Waals surface area contributed by atoms with Crippen LogP contribution in [0.4, 0.5) is 11.5 Å². The normalized spacial score (nSPS) is 14.7. The highest BCUT2D eigenvalue weighted by molar-refractivity contribution is 6.09. The number of carbonyl (C=O) groups is 1. The van der Waals surface area contributed by atoms with E-state index in [1.165, 1.54) is 5.56 Å². The number of hydrogen-bond donors (Lipinski definition) is 1. The smallest absolute Gasteiger partial charge is 0.263 e. The minimum Gasteiger partial charge on any atom is -0.369 e. The number of fused-ring (bicyclic) bond motifs is 1. The van der Waals surface area contributed by atoms with Crippen molar-refractivity contribution in [1.29, 1.82) is 0 Å². The first kappa shape index (κ1) is 22.9. The van der Waals surface area contributed by atoms with Gasteiger partial charge in [-0.1, -0.05) is 42.5 Å². The molecule has 2 heterocycles. The Bertz CT molecular complexity index is 1090. The van der Waals surface area contributed by atoms with Crippen LogP contribution in [0.3, 0.4) is 0 Å². The summed E-state index contributed by atoms with van der Waals surface area (Å²) in [6.07, 6.45) is 2.52. The number of ether oxygens (including phenoxy) is 1. The minimum absolute atomic E-state index is 0.00281. The number of nitrogens with one attached hydrogen (secondary N) is 1. The average Bonchev–Trinajstić information content (AvgIpc) is 2.96. The molecule has 0 spiro atoms.